The van der Waals surface area contributed by atoms with E-state index >= 15 is 0 Å². The number of carbonyl (C=O) groups excluding carboxylic acids is 1. The highest BCUT2D eigenvalue weighted by Gasteiger charge is 2.16. The number of halogens is 2. The number of nitrogens with zero attached hydrogens (tertiary/aromatic N) is 2. The molecule has 106 valence electrons. The molecule has 0 amide bonds. The van der Waals surface area contributed by atoms with E-state index in [0.717, 1.165) is 25.7 Å². The molecule has 0 saturated carbocycles. The van der Waals surface area contributed by atoms with Gasteiger partial charge in [-0.05, 0) is 18.4 Å². The Morgan fingerprint density at radius 2 is 2.11 bits per heavy atom. The maximum absolute atomic E-state index is 11.9. The van der Waals surface area contributed by atoms with Gasteiger partial charge in [0.05, 0.1) is 6.61 Å². The molecule has 1 heterocycles. The van der Waals surface area contributed by atoms with Crippen molar-refractivity contribution >= 4 is 29.2 Å². The van der Waals surface area contributed by atoms with Crippen LogP contribution in [-0.4, -0.2) is 22.8 Å². The summed E-state index contributed by atoms with van der Waals surface area (Å²) >= 11 is 11.5. The highest BCUT2D eigenvalue weighted by atomic mass is 35.5. The number of hydrogen-bond acceptors (Lipinski definition) is 4. The average Bonchev–Trinajstić information content (AvgIpc) is 2.41. The summed E-state index contributed by atoms with van der Waals surface area (Å²) < 4.78 is 5.26. The number of unbranched alkanes of at least 4 members (excludes halogenated alkanes) is 1. The van der Waals surface area contributed by atoms with Crippen LogP contribution in [0.4, 0.5) is 0 Å². The predicted molar refractivity (Wildman–Crippen MR) is 75.6 cm³/mol. The van der Waals surface area contributed by atoms with E-state index < -0.39 is 5.97 Å². The molecule has 1 aromatic heterocycles. The molecule has 1 aromatic rings. The molecule has 0 radical (unpaired) electrons. The molecule has 0 aromatic carbocycles. The quantitative estimate of drug-likeness (QED) is 0.710. The van der Waals surface area contributed by atoms with Crippen molar-refractivity contribution in [3.8, 4) is 0 Å². The van der Waals surface area contributed by atoms with Crippen LogP contribution in [0.25, 0.3) is 0 Å². The van der Waals surface area contributed by atoms with Gasteiger partial charge in [-0.3, -0.25) is 0 Å². The third kappa shape index (κ3) is 5.33. The molecule has 1 unspecified atom stereocenters. The monoisotopic (exact) mass is 304 g/mol. The number of aromatic nitrogens is 2. The maximum atomic E-state index is 11.9. The fourth-order valence-electron chi connectivity index (χ4n) is 1.67. The minimum atomic E-state index is -0.503. The second-order valence-corrected chi connectivity index (χ2v) is 5.13. The smallest absolute Gasteiger partial charge is 0.341 e. The summed E-state index contributed by atoms with van der Waals surface area (Å²) in [5.41, 5.74) is 0.159. The topological polar surface area (TPSA) is 52.1 Å². The van der Waals surface area contributed by atoms with Crippen molar-refractivity contribution in [2.75, 3.05) is 6.61 Å². The van der Waals surface area contributed by atoms with Crippen LogP contribution < -0.4 is 0 Å². The van der Waals surface area contributed by atoms with Crippen LogP contribution in [-0.2, 0) is 4.74 Å². The van der Waals surface area contributed by atoms with Gasteiger partial charge in [-0.2, -0.15) is 0 Å². The predicted octanol–water partition coefficient (Wildman–Crippen LogP) is 4.16. The lowest BCUT2D eigenvalue weighted by atomic mass is 10.0. The first-order chi connectivity index (χ1) is 9.08. The first-order valence-corrected chi connectivity index (χ1v) is 7.19. The molecule has 0 fully saturated rings. The number of hydrogen-bond donors (Lipinski definition) is 0. The molecule has 6 heteroatoms. The molecule has 0 saturated heterocycles. The van der Waals surface area contributed by atoms with E-state index in [4.69, 9.17) is 27.9 Å². The van der Waals surface area contributed by atoms with Gasteiger partial charge >= 0.3 is 5.97 Å². The Hall–Kier alpha value is -0.870. The number of rotatable bonds is 7. The van der Waals surface area contributed by atoms with Gasteiger partial charge in [0.15, 0.2) is 10.3 Å². The molecule has 0 spiro atoms. The first kappa shape index (κ1) is 16.2. The van der Waals surface area contributed by atoms with Crippen LogP contribution in [0.3, 0.4) is 0 Å². The van der Waals surface area contributed by atoms with Gasteiger partial charge in [-0.25, -0.2) is 4.79 Å². The normalized spacial score (nSPS) is 12.2. The van der Waals surface area contributed by atoms with Crippen LogP contribution in [0.15, 0.2) is 6.07 Å². The summed E-state index contributed by atoms with van der Waals surface area (Å²) in [5, 5.41) is 7.26. The van der Waals surface area contributed by atoms with Crippen LogP contribution in [0.5, 0.6) is 0 Å². The van der Waals surface area contributed by atoms with E-state index in [1.807, 2.05) is 0 Å². The molecular formula is C13H18Cl2N2O2. The molecule has 0 aliphatic carbocycles. The summed E-state index contributed by atoms with van der Waals surface area (Å²) in [4.78, 5) is 11.9. The average molecular weight is 305 g/mol. The third-order valence-electron chi connectivity index (χ3n) is 2.93. The maximum Gasteiger partial charge on any atom is 0.341 e. The van der Waals surface area contributed by atoms with E-state index in [-0.39, 0.29) is 15.9 Å². The van der Waals surface area contributed by atoms with Gasteiger partial charge in [-0.1, -0.05) is 56.3 Å². The van der Waals surface area contributed by atoms with Crippen LogP contribution in [0, 0.1) is 5.92 Å². The lowest BCUT2D eigenvalue weighted by Crippen LogP contribution is -2.15. The fourth-order valence-corrected chi connectivity index (χ4v) is 1.98. The lowest BCUT2D eigenvalue weighted by molar-refractivity contribution is 0.0427. The van der Waals surface area contributed by atoms with Crippen molar-refractivity contribution in [2.24, 2.45) is 5.92 Å². The molecule has 4 nitrogen and oxygen atoms in total. The highest BCUT2D eigenvalue weighted by Crippen LogP contribution is 2.18. The van der Waals surface area contributed by atoms with Crippen molar-refractivity contribution in [3.05, 3.63) is 21.9 Å². The Morgan fingerprint density at radius 3 is 2.74 bits per heavy atom. The summed E-state index contributed by atoms with van der Waals surface area (Å²) in [7, 11) is 0. The second-order valence-electron chi connectivity index (χ2n) is 4.39. The molecule has 0 aliphatic rings. The summed E-state index contributed by atoms with van der Waals surface area (Å²) in [6.45, 7) is 4.63. The molecule has 1 atom stereocenters. The highest BCUT2D eigenvalue weighted by molar-refractivity contribution is 6.33. The largest absolute Gasteiger partial charge is 0.462 e. The number of ether oxygens (including phenoxy) is 1. The van der Waals surface area contributed by atoms with Crippen LogP contribution in [0.2, 0.25) is 10.3 Å². The fraction of sp³-hybridized carbons (Fsp3) is 0.615. The van der Waals surface area contributed by atoms with Crippen LogP contribution in [0.1, 0.15) is 49.9 Å². The molecule has 0 aliphatic heterocycles. The SMILES string of the molecule is CCCCC(CC)COC(=O)c1cc(Cl)nnc1Cl. The standard InChI is InChI=1S/C13H18Cl2N2O2/c1-3-5-6-9(4-2)8-19-13(18)10-7-11(14)16-17-12(10)15/h7,9H,3-6,8H2,1-2H3. The van der Waals surface area contributed by atoms with E-state index in [0.29, 0.717) is 12.5 Å². The van der Waals surface area contributed by atoms with Crippen molar-refractivity contribution in [1.82, 2.24) is 10.2 Å². The zero-order chi connectivity index (χ0) is 14.3. The minimum absolute atomic E-state index is 0.0102. The zero-order valence-corrected chi connectivity index (χ0v) is 12.7. The Kier molecular flexibility index (Phi) is 7.10. The van der Waals surface area contributed by atoms with E-state index in [2.05, 4.69) is 24.0 Å². The van der Waals surface area contributed by atoms with Crippen molar-refractivity contribution in [2.45, 2.75) is 39.5 Å². The minimum Gasteiger partial charge on any atom is -0.462 e. The number of carbonyl (C=O) groups is 1. The Balaban J connectivity index is 2.56. The zero-order valence-electron chi connectivity index (χ0n) is 11.2. The number of esters is 1. The molecular weight excluding hydrogens is 287 g/mol. The summed E-state index contributed by atoms with van der Waals surface area (Å²) in [6.07, 6.45) is 4.32. The lowest BCUT2D eigenvalue weighted by Gasteiger charge is -2.14. The summed E-state index contributed by atoms with van der Waals surface area (Å²) in [6, 6.07) is 1.37. The van der Waals surface area contributed by atoms with Crippen molar-refractivity contribution in [3.63, 3.8) is 0 Å². The van der Waals surface area contributed by atoms with Crippen molar-refractivity contribution in [1.29, 1.82) is 0 Å². The van der Waals surface area contributed by atoms with Gasteiger partial charge in [0.2, 0.25) is 0 Å². The van der Waals surface area contributed by atoms with Gasteiger partial charge in [0, 0.05) is 0 Å². The van der Waals surface area contributed by atoms with E-state index in [1.165, 1.54) is 6.07 Å². The van der Waals surface area contributed by atoms with Gasteiger partial charge in [-0.15, -0.1) is 10.2 Å². The molecule has 0 bridgehead atoms. The Labute approximate surface area is 123 Å². The van der Waals surface area contributed by atoms with E-state index in [9.17, 15) is 4.79 Å². The van der Waals surface area contributed by atoms with E-state index in [1.54, 1.807) is 0 Å². The van der Waals surface area contributed by atoms with Gasteiger partial charge < -0.3 is 4.74 Å². The molecule has 0 N–H and O–H groups in total. The Bertz CT molecular complexity index is 427. The van der Waals surface area contributed by atoms with Gasteiger partial charge in [0.1, 0.15) is 5.56 Å². The first-order valence-electron chi connectivity index (χ1n) is 6.44. The molecule has 1 rings (SSSR count). The van der Waals surface area contributed by atoms with Crippen molar-refractivity contribution < 1.29 is 9.53 Å². The Morgan fingerprint density at radius 1 is 1.37 bits per heavy atom. The second kappa shape index (κ2) is 8.33. The van der Waals surface area contributed by atoms with Gasteiger partial charge in [0.25, 0.3) is 0 Å². The van der Waals surface area contributed by atoms with Crippen LogP contribution >= 0.6 is 23.2 Å². The third-order valence-corrected chi connectivity index (χ3v) is 3.40. The molecule has 19 heavy (non-hydrogen) atoms. The summed E-state index contributed by atoms with van der Waals surface area (Å²) in [5.74, 6) is -0.121.